The minimum absolute atomic E-state index is 0.226. The Labute approximate surface area is 127 Å². The van der Waals surface area contributed by atoms with E-state index in [2.05, 4.69) is 62.6 Å². The zero-order valence-corrected chi connectivity index (χ0v) is 13.1. The topological polar surface area (TPSA) is 38.0 Å². The number of hydrogen-bond donors (Lipinski definition) is 2. The number of nitrogens with one attached hydrogen (secondary N) is 1. The first-order valence-corrected chi connectivity index (χ1v) is 7.72. The van der Waals surface area contributed by atoms with Crippen molar-refractivity contribution < 1.29 is 0 Å². The second kappa shape index (κ2) is 5.63. The van der Waals surface area contributed by atoms with Crippen molar-refractivity contribution in [3.05, 3.63) is 69.8 Å². The molecule has 0 radical (unpaired) electrons. The van der Waals surface area contributed by atoms with Crippen molar-refractivity contribution in [1.82, 2.24) is 5.43 Å². The van der Waals surface area contributed by atoms with E-state index in [-0.39, 0.29) is 6.04 Å². The molecule has 3 rings (SSSR count). The summed E-state index contributed by atoms with van der Waals surface area (Å²) in [7, 11) is 0. The standard InChI is InChI=1S/C19H24N2/c1-12-8-13(2)19(14(3)9-12)18(21-20)11-16-10-15-6-4-5-7-17(15)16/h4-9,16,18,21H,10-11,20H2,1-3H3. The third kappa shape index (κ3) is 2.61. The molecule has 21 heavy (non-hydrogen) atoms. The number of rotatable bonds is 4. The van der Waals surface area contributed by atoms with Gasteiger partial charge in [0, 0.05) is 6.04 Å². The molecule has 2 aromatic rings. The SMILES string of the molecule is Cc1cc(C)c(C(CC2Cc3ccccc32)NN)c(C)c1. The molecule has 0 amide bonds. The normalized spacial score (nSPS) is 18.0. The number of hydrazine groups is 1. The zero-order valence-electron chi connectivity index (χ0n) is 13.1. The predicted octanol–water partition coefficient (Wildman–Crippen LogP) is 3.85. The van der Waals surface area contributed by atoms with E-state index in [9.17, 15) is 0 Å². The highest BCUT2D eigenvalue weighted by Gasteiger charge is 2.29. The van der Waals surface area contributed by atoms with Gasteiger partial charge in [-0.05, 0) is 67.3 Å². The molecule has 0 fully saturated rings. The molecule has 0 spiro atoms. The van der Waals surface area contributed by atoms with Crippen LogP contribution in [0.25, 0.3) is 0 Å². The van der Waals surface area contributed by atoms with Crippen LogP contribution in [0.15, 0.2) is 36.4 Å². The molecular weight excluding hydrogens is 256 g/mol. The Morgan fingerprint density at radius 3 is 2.43 bits per heavy atom. The quantitative estimate of drug-likeness (QED) is 0.659. The lowest BCUT2D eigenvalue weighted by Crippen LogP contribution is -2.32. The van der Waals surface area contributed by atoms with Crippen LogP contribution in [0, 0.1) is 20.8 Å². The molecular formula is C19H24N2. The van der Waals surface area contributed by atoms with Crippen molar-refractivity contribution in [2.75, 3.05) is 0 Å². The second-order valence-corrected chi connectivity index (χ2v) is 6.37. The molecule has 2 heteroatoms. The Morgan fingerprint density at radius 2 is 1.81 bits per heavy atom. The lowest BCUT2D eigenvalue weighted by molar-refractivity contribution is 0.433. The zero-order chi connectivity index (χ0) is 15.0. The summed E-state index contributed by atoms with van der Waals surface area (Å²) in [6.45, 7) is 6.53. The minimum atomic E-state index is 0.226. The van der Waals surface area contributed by atoms with Crippen molar-refractivity contribution in [2.24, 2.45) is 5.84 Å². The van der Waals surface area contributed by atoms with Crippen LogP contribution in [-0.2, 0) is 6.42 Å². The predicted molar refractivity (Wildman–Crippen MR) is 88.2 cm³/mol. The van der Waals surface area contributed by atoms with Crippen molar-refractivity contribution in [3.8, 4) is 0 Å². The Kier molecular flexibility index (Phi) is 3.83. The van der Waals surface area contributed by atoms with Crippen molar-refractivity contribution in [2.45, 2.75) is 45.6 Å². The smallest absolute Gasteiger partial charge is 0.0471 e. The lowest BCUT2D eigenvalue weighted by Gasteiger charge is -2.34. The molecule has 110 valence electrons. The van der Waals surface area contributed by atoms with Gasteiger partial charge in [-0.1, -0.05) is 42.0 Å². The highest BCUT2D eigenvalue weighted by Crippen LogP contribution is 2.41. The molecule has 2 aromatic carbocycles. The van der Waals surface area contributed by atoms with Crippen LogP contribution in [0.2, 0.25) is 0 Å². The van der Waals surface area contributed by atoms with E-state index in [1.54, 1.807) is 0 Å². The number of fused-ring (bicyclic) bond motifs is 1. The first-order valence-electron chi connectivity index (χ1n) is 7.72. The van der Waals surface area contributed by atoms with Gasteiger partial charge in [0.05, 0.1) is 0 Å². The molecule has 0 saturated carbocycles. The van der Waals surface area contributed by atoms with Gasteiger partial charge in [-0.15, -0.1) is 0 Å². The fraction of sp³-hybridized carbons (Fsp3) is 0.368. The molecule has 0 aromatic heterocycles. The molecule has 2 nitrogen and oxygen atoms in total. The van der Waals surface area contributed by atoms with Gasteiger partial charge in [0.15, 0.2) is 0 Å². The van der Waals surface area contributed by atoms with E-state index in [0.717, 1.165) is 6.42 Å². The minimum Gasteiger partial charge on any atom is -0.271 e. The largest absolute Gasteiger partial charge is 0.271 e. The summed E-state index contributed by atoms with van der Waals surface area (Å²) in [5.74, 6) is 6.50. The van der Waals surface area contributed by atoms with E-state index in [4.69, 9.17) is 5.84 Å². The van der Waals surface area contributed by atoms with Crippen molar-refractivity contribution >= 4 is 0 Å². The van der Waals surface area contributed by atoms with E-state index >= 15 is 0 Å². The van der Waals surface area contributed by atoms with Gasteiger partial charge < -0.3 is 0 Å². The molecule has 2 unspecified atom stereocenters. The molecule has 0 bridgehead atoms. The fourth-order valence-electron chi connectivity index (χ4n) is 3.87. The summed E-state index contributed by atoms with van der Waals surface area (Å²) < 4.78 is 0. The third-order valence-corrected chi connectivity index (χ3v) is 4.77. The summed E-state index contributed by atoms with van der Waals surface area (Å²) in [5.41, 5.74) is 11.4. The summed E-state index contributed by atoms with van der Waals surface area (Å²) in [6, 6.07) is 13.5. The lowest BCUT2D eigenvalue weighted by atomic mass is 9.73. The van der Waals surface area contributed by atoms with Crippen LogP contribution >= 0.6 is 0 Å². The number of hydrogen-bond acceptors (Lipinski definition) is 2. The maximum Gasteiger partial charge on any atom is 0.0471 e. The monoisotopic (exact) mass is 280 g/mol. The van der Waals surface area contributed by atoms with Crippen LogP contribution in [0.1, 0.15) is 51.8 Å². The van der Waals surface area contributed by atoms with E-state index in [1.165, 1.54) is 39.8 Å². The Hall–Kier alpha value is -1.64. The Morgan fingerprint density at radius 1 is 1.14 bits per heavy atom. The maximum absolute atomic E-state index is 5.88. The van der Waals surface area contributed by atoms with Gasteiger partial charge in [0.1, 0.15) is 0 Å². The number of nitrogens with two attached hydrogens (primary N) is 1. The summed E-state index contributed by atoms with van der Waals surface area (Å²) in [5, 5.41) is 0. The fourth-order valence-corrected chi connectivity index (χ4v) is 3.87. The molecule has 0 heterocycles. The average molecular weight is 280 g/mol. The van der Waals surface area contributed by atoms with E-state index in [0.29, 0.717) is 5.92 Å². The first-order chi connectivity index (χ1) is 10.1. The molecule has 2 atom stereocenters. The summed E-state index contributed by atoms with van der Waals surface area (Å²) in [6.07, 6.45) is 2.25. The van der Waals surface area contributed by atoms with Gasteiger partial charge in [0.2, 0.25) is 0 Å². The van der Waals surface area contributed by atoms with Crippen LogP contribution < -0.4 is 11.3 Å². The molecule has 1 aliphatic carbocycles. The van der Waals surface area contributed by atoms with Gasteiger partial charge >= 0.3 is 0 Å². The van der Waals surface area contributed by atoms with Crippen LogP contribution in [-0.4, -0.2) is 0 Å². The van der Waals surface area contributed by atoms with Crippen LogP contribution in [0.5, 0.6) is 0 Å². The Balaban J connectivity index is 1.85. The summed E-state index contributed by atoms with van der Waals surface area (Å²) in [4.78, 5) is 0. The molecule has 3 N–H and O–H groups in total. The van der Waals surface area contributed by atoms with Gasteiger partial charge in [-0.25, -0.2) is 0 Å². The van der Waals surface area contributed by atoms with E-state index < -0.39 is 0 Å². The highest BCUT2D eigenvalue weighted by atomic mass is 15.2. The van der Waals surface area contributed by atoms with Gasteiger partial charge in [-0.3, -0.25) is 11.3 Å². The van der Waals surface area contributed by atoms with E-state index in [1.807, 2.05) is 0 Å². The maximum atomic E-state index is 5.88. The third-order valence-electron chi connectivity index (χ3n) is 4.77. The van der Waals surface area contributed by atoms with Crippen molar-refractivity contribution in [3.63, 3.8) is 0 Å². The summed E-state index contributed by atoms with van der Waals surface area (Å²) >= 11 is 0. The Bertz CT molecular complexity index is 637. The van der Waals surface area contributed by atoms with Gasteiger partial charge in [-0.2, -0.15) is 0 Å². The van der Waals surface area contributed by atoms with Crippen molar-refractivity contribution in [1.29, 1.82) is 0 Å². The molecule has 0 saturated heterocycles. The first kappa shape index (κ1) is 14.3. The highest BCUT2D eigenvalue weighted by molar-refractivity contribution is 5.43. The number of aryl methyl sites for hydroxylation is 3. The molecule has 0 aliphatic heterocycles. The average Bonchev–Trinajstić information content (AvgIpc) is 2.41. The van der Waals surface area contributed by atoms with Gasteiger partial charge in [0.25, 0.3) is 0 Å². The second-order valence-electron chi connectivity index (χ2n) is 6.37. The molecule has 1 aliphatic rings. The number of benzene rings is 2. The van der Waals surface area contributed by atoms with Crippen LogP contribution in [0.3, 0.4) is 0 Å². The van der Waals surface area contributed by atoms with Crippen LogP contribution in [0.4, 0.5) is 0 Å².